The zero-order valence-corrected chi connectivity index (χ0v) is 16.5. The molecule has 8 heteroatoms. The molecule has 0 aromatic carbocycles. The van der Waals surface area contributed by atoms with Gasteiger partial charge in [0.1, 0.15) is 0 Å². The summed E-state index contributed by atoms with van der Waals surface area (Å²) in [5.74, 6) is 1.09. The number of carbonyl (C=O) groups is 2. The molecular weight excluding hydrogens is 372 g/mol. The van der Waals surface area contributed by atoms with Crippen LogP contribution in [0.5, 0.6) is 0 Å². The predicted molar refractivity (Wildman–Crippen MR) is 106 cm³/mol. The third kappa shape index (κ3) is 6.14. The van der Waals surface area contributed by atoms with E-state index in [9.17, 15) is 9.59 Å². The summed E-state index contributed by atoms with van der Waals surface area (Å²) >= 11 is 1.55. The van der Waals surface area contributed by atoms with Gasteiger partial charge in [-0.2, -0.15) is 0 Å². The number of rotatable bonds is 6. The zero-order chi connectivity index (χ0) is 17.5. The van der Waals surface area contributed by atoms with Crippen LogP contribution >= 0.6 is 24.2 Å². The average Bonchev–Trinajstić information content (AvgIpc) is 3.20. The highest BCUT2D eigenvalue weighted by molar-refractivity contribution is 8.00. The lowest BCUT2D eigenvalue weighted by Crippen LogP contribution is -2.47. The second kappa shape index (κ2) is 10.7. The van der Waals surface area contributed by atoms with Crippen LogP contribution in [-0.4, -0.2) is 59.7 Å². The Morgan fingerprint density at radius 2 is 2.08 bits per heavy atom. The van der Waals surface area contributed by atoms with Gasteiger partial charge < -0.3 is 15.5 Å². The smallest absolute Gasteiger partial charge is 0.237 e. The molecule has 3 rings (SSSR count). The Morgan fingerprint density at radius 1 is 1.27 bits per heavy atom. The second-order valence-corrected chi connectivity index (χ2v) is 7.76. The number of aromatic nitrogens is 1. The van der Waals surface area contributed by atoms with E-state index >= 15 is 0 Å². The maximum absolute atomic E-state index is 12.5. The molecule has 26 heavy (non-hydrogen) atoms. The quantitative estimate of drug-likeness (QED) is 0.713. The van der Waals surface area contributed by atoms with E-state index in [1.807, 2.05) is 17.0 Å². The molecule has 2 saturated heterocycles. The first-order chi connectivity index (χ1) is 12.2. The van der Waals surface area contributed by atoms with E-state index in [4.69, 9.17) is 0 Å². The van der Waals surface area contributed by atoms with Gasteiger partial charge in [-0.25, -0.2) is 0 Å². The Balaban J connectivity index is 0.00000243. The molecule has 0 bridgehead atoms. The summed E-state index contributed by atoms with van der Waals surface area (Å²) in [7, 11) is 0. The third-order valence-corrected chi connectivity index (χ3v) is 5.82. The first-order valence-electron chi connectivity index (χ1n) is 9.04. The van der Waals surface area contributed by atoms with Crippen molar-refractivity contribution in [2.24, 2.45) is 5.92 Å². The Kier molecular flexibility index (Phi) is 8.68. The van der Waals surface area contributed by atoms with Crippen molar-refractivity contribution in [1.82, 2.24) is 20.5 Å². The number of likely N-dealkylation sites (tertiary alicyclic amines) is 1. The molecular formula is C18H27ClN4O2S. The molecule has 0 saturated carbocycles. The van der Waals surface area contributed by atoms with Crippen LogP contribution in [0.15, 0.2) is 29.4 Å². The van der Waals surface area contributed by atoms with E-state index in [-0.39, 0.29) is 30.3 Å². The number of piperidine rings is 1. The van der Waals surface area contributed by atoms with Crippen LogP contribution in [-0.2, 0) is 9.59 Å². The average molecular weight is 399 g/mol. The molecule has 1 aromatic rings. The highest BCUT2D eigenvalue weighted by atomic mass is 35.5. The molecule has 0 spiro atoms. The zero-order valence-electron chi connectivity index (χ0n) is 14.9. The summed E-state index contributed by atoms with van der Waals surface area (Å²) in [6.45, 7) is 3.16. The van der Waals surface area contributed by atoms with Crippen LogP contribution in [0.3, 0.4) is 0 Å². The second-order valence-electron chi connectivity index (χ2n) is 6.71. The normalized spacial score (nSPS) is 22.5. The summed E-state index contributed by atoms with van der Waals surface area (Å²) in [6.07, 6.45) is 7.55. The highest BCUT2D eigenvalue weighted by Gasteiger charge is 2.26. The van der Waals surface area contributed by atoms with Crippen LogP contribution in [0.1, 0.15) is 25.7 Å². The van der Waals surface area contributed by atoms with E-state index in [1.54, 1.807) is 24.2 Å². The van der Waals surface area contributed by atoms with E-state index in [0.717, 1.165) is 50.2 Å². The van der Waals surface area contributed by atoms with Gasteiger partial charge in [0.25, 0.3) is 0 Å². The van der Waals surface area contributed by atoms with Crippen molar-refractivity contribution in [3.63, 3.8) is 0 Å². The van der Waals surface area contributed by atoms with Gasteiger partial charge >= 0.3 is 0 Å². The summed E-state index contributed by atoms with van der Waals surface area (Å²) in [5.41, 5.74) is 0. The minimum absolute atomic E-state index is 0. The predicted octanol–water partition coefficient (Wildman–Crippen LogP) is 1.70. The van der Waals surface area contributed by atoms with Crippen molar-refractivity contribution in [3.05, 3.63) is 24.5 Å². The number of amides is 2. The number of pyridine rings is 1. The summed E-state index contributed by atoms with van der Waals surface area (Å²) in [5, 5.41) is 6.28. The standard InChI is InChI=1S/C18H26N4O2S.ClH/c23-17(13-25-15-5-8-19-9-6-15)22-10-2-3-14(12-22)11-21-18(24)16-4-1-7-20-16;/h5-6,8-9,14,16,20H,1-4,7,10-13H2,(H,21,24);1H. The van der Waals surface area contributed by atoms with E-state index in [1.165, 1.54) is 0 Å². The lowest BCUT2D eigenvalue weighted by Gasteiger charge is -2.33. The lowest BCUT2D eigenvalue weighted by molar-refractivity contribution is -0.130. The maximum atomic E-state index is 12.5. The number of nitrogens with one attached hydrogen (secondary N) is 2. The largest absolute Gasteiger partial charge is 0.354 e. The molecule has 144 valence electrons. The minimum Gasteiger partial charge on any atom is -0.354 e. The third-order valence-electron chi connectivity index (χ3n) is 4.83. The van der Waals surface area contributed by atoms with E-state index in [2.05, 4.69) is 15.6 Å². The molecule has 2 atom stereocenters. The van der Waals surface area contributed by atoms with Gasteiger partial charge in [0.15, 0.2) is 0 Å². The van der Waals surface area contributed by atoms with Crippen LogP contribution in [0.2, 0.25) is 0 Å². The van der Waals surface area contributed by atoms with Gasteiger partial charge in [-0.1, -0.05) is 0 Å². The number of hydrogen-bond donors (Lipinski definition) is 2. The van der Waals surface area contributed by atoms with Crippen molar-refractivity contribution >= 4 is 36.0 Å². The maximum Gasteiger partial charge on any atom is 0.237 e. The van der Waals surface area contributed by atoms with Crippen molar-refractivity contribution in [2.75, 3.05) is 31.9 Å². The number of nitrogens with zero attached hydrogens (tertiary/aromatic N) is 2. The van der Waals surface area contributed by atoms with Crippen molar-refractivity contribution in [1.29, 1.82) is 0 Å². The molecule has 1 aromatic heterocycles. The first-order valence-corrected chi connectivity index (χ1v) is 10.0. The molecule has 6 nitrogen and oxygen atoms in total. The molecule has 2 N–H and O–H groups in total. The van der Waals surface area contributed by atoms with Gasteiger partial charge in [0, 0.05) is 36.9 Å². The van der Waals surface area contributed by atoms with Crippen molar-refractivity contribution in [2.45, 2.75) is 36.6 Å². The van der Waals surface area contributed by atoms with E-state index < -0.39 is 0 Å². The van der Waals surface area contributed by atoms with Crippen LogP contribution in [0, 0.1) is 5.92 Å². The fourth-order valence-electron chi connectivity index (χ4n) is 3.41. The Hall–Kier alpha value is -1.31. The molecule has 0 radical (unpaired) electrons. The Morgan fingerprint density at radius 3 is 2.81 bits per heavy atom. The van der Waals surface area contributed by atoms with Gasteiger partial charge in [0.2, 0.25) is 11.8 Å². The Labute approximate surface area is 165 Å². The molecule has 2 fully saturated rings. The van der Waals surface area contributed by atoms with Gasteiger partial charge in [-0.05, 0) is 50.3 Å². The number of halogens is 1. The SMILES string of the molecule is Cl.O=C(NCC1CCCN(C(=O)CSc2ccncc2)C1)C1CCCN1. The van der Waals surface area contributed by atoms with Crippen LogP contribution in [0.4, 0.5) is 0 Å². The lowest BCUT2D eigenvalue weighted by atomic mass is 9.98. The monoisotopic (exact) mass is 398 g/mol. The summed E-state index contributed by atoms with van der Waals surface area (Å²) in [6, 6.07) is 3.81. The molecule has 2 unspecified atom stereocenters. The Bertz CT molecular complexity index is 584. The summed E-state index contributed by atoms with van der Waals surface area (Å²) in [4.78, 5) is 31.6. The molecule has 0 aliphatic carbocycles. The number of carbonyl (C=O) groups excluding carboxylic acids is 2. The van der Waals surface area contributed by atoms with Crippen LogP contribution in [0.25, 0.3) is 0 Å². The fraction of sp³-hybridized carbons (Fsp3) is 0.611. The van der Waals surface area contributed by atoms with Crippen molar-refractivity contribution < 1.29 is 9.59 Å². The molecule has 3 heterocycles. The first kappa shape index (κ1) is 21.0. The van der Waals surface area contributed by atoms with Crippen molar-refractivity contribution in [3.8, 4) is 0 Å². The molecule has 2 aliphatic rings. The van der Waals surface area contributed by atoms with Gasteiger partial charge in [-0.15, -0.1) is 24.2 Å². The highest BCUT2D eigenvalue weighted by Crippen LogP contribution is 2.20. The van der Waals surface area contributed by atoms with E-state index in [0.29, 0.717) is 18.2 Å². The van der Waals surface area contributed by atoms with Gasteiger partial charge in [-0.3, -0.25) is 14.6 Å². The summed E-state index contributed by atoms with van der Waals surface area (Å²) < 4.78 is 0. The van der Waals surface area contributed by atoms with Gasteiger partial charge in [0.05, 0.1) is 11.8 Å². The number of thioether (sulfide) groups is 1. The molecule has 2 amide bonds. The fourth-order valence-corrected chi connectivity index (χ4v) is 4.19. The minimum atomic E-state index is -0.0295. The molecule has 2 aliphatic heterocycles. The topological polar surface area (TPSA) is 74.3 Å². The number of hydrogen-bond acceptors (Lipinski definition) is 5. The van der Waals surface area contributed by atoms with Crippen LogP contribution < -0.4 is 10.6 Å².